The lowest BCUT2D eigenvalue weighted by Crippen LogP contribution is -2.17. The minimum absolute atomic E-state index is 0.146. The molecule has 0 fully saturated rings. The van der Waals surface area contributed by atoms with Crippen LogP contribution in [-0.4, -0.2) is 35.6 Å². The Morgan fingerprint density at radius 3 is 2.50 bits per heavy atom. The number of fused-ring (bicyclic) bond motifs is 1. The summed E-state index contributed by atoms with van der Waals surface area (Å²) in [5, 5.41) is 0.848. The van der Waals surface area contributed by atoms with Gasteiger partial charge in [0.15, 0.2) is 0 Å². The van der Waals surface area contributed by atoms with E-state index in [1.807, 2.05) is 0 Å². The van der Waals surface area contributed by atoms with E-state index in [9.17, 15) is 18.0 Å². The molecule has 3 rings (SSSR count). The molecule has 0 saturated heterocycles. The highest BCUT2D eigenvalue weighted by atomic mass is 35.5. The van der Waals surface area contributed by atoms with Crippen molar-refractivity contribution < 1.29 is 32.2 Å². The monoisotopic (exact) mass is 414 g/mol. The van der Waals surface area contributed by atoms with Crippen LogP contribution in [0, 0.1) is 0 Å². The maximum Gasteiger partial charge on any atom is 0.573 e. The number of pyridine rings is 1. The van der Waals surface area contributed by atoms with E-state index in [1.54, 1.807) is 16.7 Å². The van der Waals surface area contributed by atoms with E-state index in [-0.39, 0.29) is 29.7 Å². The fraction of sp³-hybridized carbons (Fsp3) is 0.222. The van der Waals surface area contributed by atoms with Crippen LogP contribution in [0.15, 0.2) is 42.6 Å². The number of hydrogen-bond donors (Lipinski definition) is 0. The normalized spacial score (nSPS) is 11.5. The standard InChI is InChI=1S/C18H14ClF3N2O4/c1-26-17(25)15-10-13-14(6-7-23-16(13)19)24(15)8-9-27-11-2-4-12(5-3-11)28-18(20,21)22/h2-7,10H,8-9H2,1H3. The third kappa shape index (κ3) is 4.48. The number of nitrogens with zero attached hydrogens (tertiary/aromatic N) is 2. The highest BCUT2D eigenvalue weighted by molar-refractivity contribution is 6.34. The van der Waals surface area contributed by atoms with Crippen LogP contribution in [0.3, 0.4) is 0 Å². The van der Waals surface area contributed by atoms with Crippen molar-refractivity contribution in [1.82, 2.24) is 9.55 Å². The van der Waals surface area contributed by atoms with Crippen LogP contribution in [-0.2, 0) is 11.3 Å². The Morgan fingerprint density at radius 1 is 1.18 bits per heavy atom. The molecule has 0 amide bonds. The summed E-state index contributed by atoms with van der Waals surface area (Å²) in [6.45, 7) is 0.419. The van der Waals surface area contributed by atoms with E-state index in [2.05, 4.69) is 9.72 Å². The van der Waals surface area contributed by atoms with Gasteiger partial charge in [-0.1, -0.05) is 11.6 Å². The Kier molecular flexibility index (Phi) is 5.64. The summed E-state index contributed by atoms with van der Waals surface area (Å²) >= 11 is 6.08. The molecule has 10 heteroatoms. The predicted molar refractivity (Wildman–Crippen MR) is 94.7 cm³/mol. The molecule has 6 nitrogen and oxygen atoms in total. The van der Waals surface area contributed by atoms with Gasteiger partial charge in [0.2, 0.25) is 0 Å². The number of halogens is 4. The van der Waals surface area contributed by atoms with Crippen molar-refractivity contribution in [2.24, 2.45) is 0 Å². The second-order valence-corrected chi connectivity index (χ2v) is 5.93. The Bertz CT molecular complexity index is 987. The zero-order valence-corrected chi connectivity index (χ0v) is 15.3. The number of methoxy groups -OCH3 is 1. The van der Waals surface area contributed by atoms with E-state index >= 15 is 0 Å². The highest BCUT2D eigenvalue weighted by Crippen LogP contribution is 2.27. The van der Waals surface area contributed by atoms with Crippen molar-refractivity contribution in [3.8, 4) is 11.5 Å². The topological polar surface area (TPSA) is 62.6 Å². The average molecular weight is 415 g/mol. The summed E-state index contributed by atoms with van der Waals surface area (Å²) in [4.78, 5) is 16.0. The molecule has 0 aliphatic rings. The Morgan fingerprint density at radius 2 is 1.86 bits per heavy atom. The minimum atomic E-state index is -4.75. The molecular weight excluding hydrogens is 401 g/mol. The molecule has 3 aromatic rings. The van der Waals surface area contributed by atoms with Crippen molar-refractivity contribution in [1.29, 1.82) is 0 Å². The fourth-order valence-corrected chi connectivity index (χ4v) is 2.87. The maximum absolute atomic E-state index is 12.2. The van der Waals surface area contributed by atoms with Gasteiger partial charge in [0.1, 0.15) is 29.0 Å². The largest absolute Gasteiger partial charge is 0.573 e. The van der Waals surface area contributed by atoms with Crippen LogP contribution in [0.4, 0.5) is 13.2 Å². The second-order valence-electron chi connectivity index (χ2n) is 5.58. The molecule has 0 atom stereocenters. The van der Waals surface area contributed by atoms with Gasteiger partial charge in [-0.15, -0.1) is 13.2 Å². The van der Waals surface area contributed by atoms with E-state index < -0.39 is 12.3 Å². The van der Waals surface area contributed by atoms with Crippen LogP contribution in [0.1, 0.15) is 10.5 Å². The molecule has 2 aromatic heterocycles. The molecule has 0 unspecified atom stereocenters. The van der Waals surface area contributed by atoms with Crippen LogP contribution in [0.25, 0.3) is 10.9 Å². The number of aromatic nitrogens is 2. The van der Waals surface area contributed by atoms with Gasteiger partial charge in [-0.3, -0.25) is 0 Å². The summed E-state index contributed by atoms with van der Waals surface area (Å²) < 4.78 is 52.4. The molecule has 2 heterocycles. The van der Waals surface area contributed by atoms with Crippen LogP contribution < -0.4 is 9.47 Å². The lowest BCUT2D eigenvalue weighted by Gasteiger charge is -2.12. The molecule has 0 aliphatic heterocycles. The van der Waals surface area contributed by atoms with E-state index in [0.29, 0.717) is 16.7 Å². The molecule has 0 N–H and O–H groups in total. The molecule has 0 bridgehead atoms. The summed E-state index contributed by atoms with van der Waals surface area (Å²) in [5.41, 5.74) is 0.961. The number of rotatable bonds is 6. The summed E-state index contributed by atoms with van der Waals surface area (Å²) in [7, 11) is 1.27. The van der Waals surface area contributed by atoms with Crippen molar-refractivity contribution in [2.75, 3.05) is 13.7 Å². The third-order valence-corrected chi connectivity index (χ3v) is 4.12. The second kappa shape index (κ2) is 7.97. The molecule has 0 spiro atoms. The van der Waals surface area contributed by atoms with Crippen molar-refractivity contribution in [2.45, 2.75) is 12.9 Å². The predicted octanol–water partition coefficient (Wildman–Crippen LogP) is 4.45. The highest BCUT2D eigenvalue weighted by Gasteiger charge is 2.31. The van der Waals surface area contributed by atoms with Gasteiger partial charge in [-0.05, 0) is 36.4 Å². The smallest absolute Gasteiger partial charge is 0.492 e. The molecule has 28 heavy (non-hydrogen) atoms. The van der Waals surface area contributed by atoms with Crippen LogP contribution >= 0.6 is 11.6 Å². The number of esters is 1. The number of carbonyl (C=O) groups excluding carboxylic acids is 1. The lowest BCUT2D eigenvalue weighted by atomic mass is 10.3. The van der Waals surface area contributed by atoms with E-state index in [1.165, 1.54) is 25.4 Å². The first-order valence-corrected chi connectivity index (χ1v) is 8.37. The average Bonchev–Trinajstić information content (AvgIpc) is 3.01. The summed E-state index contributed by atoms with van der Waals surface area (Å²) in [6.07, 6.45) is -3.24. The van der Waals surface area contributed by atoms with Gasteiger partial charge in [0.05, 0.1) is 19.2 Å². The first-order valence-electron chi connectivity index (χ1n) is 7.99. The first kappa shape index (κ1) is 19.8. The number of ether oxygens (including phenoxy) is 3. The summed E-state index contributed by atoms with van der Waals surface area (Å²) in [5.74, 6) is -0.530. The van der Waals surface area contributed by atoms with Crippen molar-refractivity contribution >= 4 is 28.5 Å². The van der Waals surface area contributed by atoms with Gasteiger partial charge in [-0.2, -0.15) is 0 Å². The molecule has 0 radical (unpaired) electrons. The Labute approximate surface area is 162 Å². The quantitative estimate of drug-likeness (QED) is 0.440. The minimum Gasteiger partial charge on any atom is -0.492 e. The lowest BCUT2D eigenvalue weighted by molar-refractivity contribution is -0.274. The van der Waals surface area contributed by atoms with Crippen LogP contribution in [0.5, 0.6) is 11.5 Å². The van der Waals surface area contributed by atoms with Gasteiger partial charge in [-0.25, -0.2) is 9.78 Å². The number of carbonyl (C=O) groups is 1. The third-order valence-electron chi connectivity index (χ3n) is 3.82. The Hall–Kier alpha value is -2.94. The molecular formula is C18H14ClF3N2O4. The SMILES string of the molecule is COC(=O)c1cc2c(Cl)nccc2n1CCOc1ccc(OC(F)(F)F)cc1. The van der Waals surface area contributed by atoms with Crippen molar-refractivity contribution in [3.63, 3.8) is 0 Å². The van der Waals surface area contributed by atoms with Crippen molar-refractivity contribution in [3.05, 3.63) is 53.4 Å². The fourth-order valence-electron chi connectivity index (χ4n) is 2.66. The van der Waals surface area contributed by atoms with Gasteiger partial charge >= 0.3 is 12.3 Å². The van der Waals surface area contributed by atoms with Gasteiger partial charge in [0, 0.05) is 11.6 Å². The maximum atomic E-state index is 12.2. The van der Waals surface area contributed by atoms with Crippen LogP contribution in [0.2, 0.25) is 5.15 Å². The zero-order chi connectivity index (χ0) is 20.3. The number of alkyl halides is 3. The Balaban J connectivity index is 1.73. The molecule has 1 aromatic carbocycles. The summed E-state index contributed by atoms with van der Waals surface area (Å²) in [6, 6.07) is 8.31. The van der Waals surface area contributed by atoms with E-state index in [0.717, 1.165) is 12.1 Å². The zero-order valence-electron chi connectivity index (χ0n) is 14.5. The molecule has 148 valence electrons. The first-order chi connectivity index (χ1) is 13.3. The number of hydrogen-bond acceptors (Lipinski definition) is 5. The van der Waals surface area contributed by atoms with Gasteiger partial charge < -0.3 is 18.8 Å². The molecule has 0 aliphatic carbocycles. The van der Waals surface area contributed by atoms with E-state index in [4.69, 9.17) is 21.1 Å². The van der Waals surface area contributed by atoms with Gasteiger partial charge in [0.25, 0.3) is 0 Å². The molecule has 0 saturated carbocycles. The number of benzene rings is 1.